The van der Waals surface area contributed by atoms with E-state index in [9.17, 15) is 9.59 Å². The van der Waals surface area contributed by atoms with Gasteiger partial charge in [-0.2, -0.15) is 0 Å². The van der Waals surface area contributed by atoms with E-state index in [0.717, 1.165) is 0 Å². The molecule has 3 aromatic rings. The van der Waals surface area contributed by atoms with Gasteiger partial charge in [-0.25, -0.2) is 0 Å². The monoisotopic (exact) mass is 324 g/mol. The summed E-state index contributed by atoms with van der Waals surface area (Å²) in [5, 5.41) is 5.50. The number of rotatable bonds is 4. The second kappa shape index (κ2) is 6.45. The summed E-state index contributed by atoms with van der Waals surface area (Å²) in [6.07, 6.45) is 1.44. The molecule has 2 N–H and O–H groups in total. The van der Waals surface area contributed by atoms with Gasteiger partial charge in [0.05, 0.1) is 11.8 Å². The van der Waals surface area contributed by atoms with Crippen LogP contribution in [0.1, 0.15) is 32.4 Å². The second-order valence-electron chi connectivity index (χ2n) is 5.29. The Morgan fingerprint density at radius 2 is 1.54 bits per heavy atom. The van der Waals surface area contributed by atoms with E-state index < -0.39 is 0 Å². The summed E-state index contributed by atoms with van der Waals surface area (Å²) < 4.78 is 10.4. The highest BCUT2D eigenvalue weighted by Gasteiger charge is 2.14. The first-order valence-electron chi connectivity index (χ1n) is 7.36. The lowest BCUT2D eigenvalue weighted by Crippen LogP contribution is -2.13. The summed E-state index contributed by atoms with van der Waals surface area (Å²) >= 11 is 0. The van der Waals surface area contributed by atoms with E-state index in [1.165, 1.54) is 6.26 Å². The molecule has 2 heterocycles. The lowest BCUT2D eigenvalue weighted by Gasteiger charge is -2.07. The van der Waals surface area contributed by atoms with Crippen LogP contribution in [0.15, 0.2) is 57.6 Å². The number of carbonyl (C=O) groups is 2. The number of hydrogen-bond acceptors (Lipinski definition) is 4. The van der Waals surface area contributed by atoms with Gasteiger partial charge < -0.3 is 19.5 Å². The molecule has 1 aromatic carbocycles. The van der Waals surface area contributed by atoms with E-state index in [2.05, 4.69) is 10.6 Å². The van der Waals surface area contributed by atoms with E-state index in [0.29, 0.717) is 28.5 Å². The van der Waals surface area contributed by atoms with Crippen molar-refractivity contribution in [1.82, 2.24) is 0 Å². The van der Waals surface area contributed by atoms with Crippen molar-refractivity contribution in [1.29, 1.82) is 0 Å². The standard InChI is InChI=1S/C18H16N2O4/c1-11-10-15(12(2)24-11)17(21)19-13-5-7-14(8-6-13)20-18(22)16-4-3-9-23-16/h3-10H,1-2H3,(H,19,21)(H,20,22). The Bertz CT molecular complexity index is 861. The number of benzene rings is 1. The lowest BCUT2D eigenvalue weighted by molar-refractivity contribution is 0.0994. The summed E-state index contributed by atoms with van der Waals surface area (Å²) in [7, 11) is 0. The quantitative estimate of drug-likeness (QED) is 0.760. The third-order valence-electron chi connectivity index (χ3n) is 3.43. The first-order chi connectivity index (χ1) is 11.5. The second-order valence-corrected chi connectivity index (χ2v) is 5.29. The lowest BCUT2D eigenvalue weighted by atomic mass is 10.2. The zero-order valence-electron chi connectivity index (χ0n) is 13.3. The third-order valence-corrected chi connectivity index (χ3v) is 3.43. The summed E-state index contributed by atoms with van der Waals surface area (Å²) in [5.74, 6) is 0.928. The number of amides is 2. The van der Waals surface area contributed by atoms with Crippen molar-refractivity contribution in [3.05, 3.63) is 71.6 Å². The fourth-order valence-corrected chi connectivity index (χ4v) is 2.29. The maximum absolute atomic E-state index is 12.2. The molecule has 122 valence electrons. The van der Waals surface area contributed by atoms with Crippen molar-refractivity contribution in [3.8, 4) is 0 Å². The maximum atomic E-state index is 12.2. The molecule has 0 aliphatic heterocycles. The van der Waals surface area contributed by atoms with E-state index in [-0.39, 0.29) is 17.6 Å². The molecule has 0 atom stereocenters. The van der Waals surface area contributed by atoms with Gasteiger partial charge in [-0.3, -0.25) is 9.59 Å². The Balaban J connectivity index is 1.65. The van der Waals surface area contributed by atoms with Crippen LogP contribution in [-0.4, -0.2) is 11.8 Å². The molecule has 0 fully saturated rings. The molecule has 0 saturated carbocycles. The SMILES string of the molecule is Cc1cc(C(=O)Nc2ccc(NC(=O)c3ccco3)cc2)c(C)o1. The summed E-state index contributed by atoms with van der Waals surface area (Å²) in [4.78, 5) is 24.1. The topological polar surface area (TPSA) is 84.5 Å². The van der Waals surface area contributed by atoms with Crippen LogP contribution in [0, 0.1) is 13.8 Å². The van der Waals surface area contributed by atoms with E-state index in [1.54, 1.807) is 56.3 Å². The van der Waals surface area contributed by atoms with Gasteiger partial charge in [-0.15, -0.1) is 0 Å². The molecule has 3 rings (SSSR count). The predicted molar refractivity (Wildman–Crippen MR) is 89.2 cm³/mol. The number of furan rings is 2. The first kappa shape index (κ1) is 15.6. The predicted octanol–water partition coefficient (Wildman–Crippen LogP) is 3.99. The van der Waals surface area contributed by atoms with Crippen molar-refractivity contribution in [3.63, 3.8) is 0 Å². The Labute approximate surface area is 138 Å². The molecule has 0 unspecified atom stereocenters. The number of carbonyl (C=O) groups excluding carboxylic acids is 2. The van der Waals surface area contributed by atoms with Crippen LogP contribution in [0.2, 0.25) is 0 Å². The molecular formula is C18H16N2O4. The number of anilines is 2. The van der Waals surface area contributed by atoms with Gasteiger partial charge >= 0.3 is 0 Å². The Morgan fingerprint density at radius 3 is 2.04 bits per heavy atom. The normalized spacial score (nSPS) is 10.4. The molecule has 0 saturated heterocycles. The van der Waals surface area contributed by atoms with Gasteiger partial charge in [0, 0.05) is 11.4 Å². The molecule has 2 amide bonds. The summed E-state index contributed by atoms with van der Waals surface area (Å²) in [6, 6.07) is 11.7. The van der Waals surface area contributed by atoms with Crippen LogP contribution in [0.25, 0.3) is 0 Å². The summed E-state index contributed by atoms with van der Waals surface area (Å²) in [6.45, 7) is 3.54. The number of hydrogen-bond donors (Lipinski definition) is 2. The van der Waals surface area contributed by atoms with Crippen LogP contribution >= 0.6 is 0 Å². The molecule has 0 aliphatic rings. The molecule has 0 spiro atoms. The Morgan fingerprint density at radius 1 is 0.917 bits per heavy atom. The highest BCUT2D eigenvalue weighted by Crippen LogP contribution is 2.18. The minimum Gasteiger partial charge on any atom is -0.466 e. The van der Waals surface area contributed by atoms with Crippen molar-refractivity contribution in [2.24, 2.45) is 0 Å². The van der Waals surface area contributed by atoms with Crippen LogP contribution in [0.3, 0.4) is 0 Å². The van der Waals surface area contributed by atoms with Gasteiger partial charge in [0.1, 0.15) is 11.5 Å². The van der Waals surface area contributed by atoms with E-state index >= 15 is 0 Å². The average Bonchev–Trinajstić information content (AvgIpc) is 3.19. The largest absolute Gasteiger partial charge is 0.466 e. The highest BCUT2D eigenvalue weighted by atomic mass is 16.3. The van der Waals surface area contributed by atoms with Crippen molar-refractivity contribution < 1.29 is 18.4 Å². The summed E-state index contributed by atoms with van der Waals surface area (Å²) in [5.41, 5.74) is 1.72. The van der Waals surface area contributed by atoms with Gasteiger partial charge in [-0.1, -0.05) is 0 Å². The zero-order valence-corrected chi connectivity index (χ0v) is 13.3. The average molecular weight is 324 g/mol. The van der Waals surface area contributed by atoms with Crippen LogP contribution in [-0.2, 0) is 0 Å². The van der Waals surface area contributed by atoms with Gasteiger partial charge in [0.15, 0.2) is 5.76 Å². The Kier molecular flexibility index (Phi) is 4.20. The van der Waals surface area contributed by atoms with Crippen LogP contribution < -0.4 is 10.6 Å². The first-order valence-corrected chi connectivity index (χ1v) is 7.36. The zero-order chi connectivity index (χ0) is 17.1. The fraction of sp³-hybridized carbons (Fsp3) is 0.111. The smallest absolute Gasteiger partial charge is 0.291 e. The van der Waals surface area contributed by atoms with Gasteiger partial charge in [-0.05, 0) is 56.3 Å². The van der Waals surface area contributed by atoms with Crippen molar-refractivity contribution in [2.75, 3.05) is 10.6 Å². The molecule has 6 nitrogen and oxygen atoms in total. The van der Waals surface area contributed by atoms with Crippen molar-refractivity contribution in [2.45, 2.75) is 13.8 Å². The highest BCUT2D eigenvalue weighted by molar-refractivity contribution is 6.05. The molecular weight excluding hydrogens is 308 g/mol. The Hall–Kier alpha value is -3.28. The molecule has 6 heteroatoms. The van der Waals surface area contributed by atoms with Crippen LogP contribution in [0.5, 0.6) is 0 Å². The minimum absolute atomic E-state index is 0.234. The third kappa shape index (κ3) is 3.38. The van der Waals surface area contributed by atoms with E-state index in [4.69, 9.17) is 8.83 Å². The van der Waals surface area contributed by atoms with Crippen molar-refractivity contribution >= 4 is 23.2 Å². The van der Waals surface area contributed by atoms with Gasteiger partial charge in [0.2, 0.25) is 0 Å². The number of aryl methyl sites for hydroxylation is 2. The molecule has 0 aliphatic carbocycles. The van der Waals surface area contributed by atoms with Crippen LogP contribution in [0.4, 0.5) is 11.4 Å². The van der Waals surface area contributed by atoms with E-state index in [1.807, 2.05) is 0 Å². The molecule has 24 heavy (non-hydrogen) atoms. The maximum Gasteiger partial charge on any atom is 0.291 e. The molecule has 2 aromatic heterocycles. The molecule has 0 radical (unpaired) electrons. The number of nitrogens with one attached hydrogen (secondary N) is 2. The minimum atomic E-state index is -0.332. The fourth-order valence-electron chi connectivity index (χ4n) is 2.29. The van der Waals surface area contributed by atoms with Gasteiger partial charge in [0.25, 0.3) is 11.8 Å². The molecule has 0 bridgehead atoms.